The molecule has 3 rings (SSSR count). The zero-order valence-electron chi connectivity index (χ0n) is 17.6. The van der Waals surface area contributed by atoms with Crippen molar-refractivity contribution < 1.29 is 9.13 Å². The van der Waals surface area contributed by atoms with Crippen LogP contribution in [0.5, 0.6) is 0 Å². The van der Waals surface area contributed by atoms with Crippen molar-refractivity contribution >= 4 is 19.1 Å². The van der Waals surface area contributed by atoms with E-state index in [1.165, 1.54) is 23.4 Å². The minimum absolute atomic E-state index is 0.205. The lowest BCUT2D eigenvalue weighted by Gasteiger charge is -2.16. The van der Waals surface area contributed by atoms with Gasteiger partial charge in [0, 0.05) is 20.4 Å². The van der Waals surface area contributed by atoms with E-state index in [2.05, 4.69) is 48.0 Å². The summed E-state index contributed by atoms with van der Waals surface area (Å²) >= 11 is 0. The molecule has 0 saturated carbocycles. The van der Waals surface area contributed by atoms with Gasteiger partial charge in [0.1, 0.15) is 18.9 Å². The molecule has 0 radical (unpaired) electrons. The molecule has 0 N–H and O–H groups in total. The predicted octanol–water partition coefficient (Wildman–Crippen LogP) is 5.28. The van der Waals surface area contributed by atoms with E-state index in [0.29, 0.717) is 6.73 Å². The molecule has 0 unspecified atom stereocenters. The Kier molecular flexibility index (Phi) is 6.30. The lowest BCUT2D eigenvalue weighted by molar-refractivity contribution is 0.0888. The molecule has 0 amide bonds. The molecule has 4 nitrogen and oxygen atoms in total. The molecular weight excluding hydrogens is 369 g/mol. The van der Waals surface area contributed by atoms with Crippen LogP contribution in [0.1, 0.15) is 22.5 Å². The van der Waals surface area contributed by atoms with Crippen molar-refractivity contribution in [1.29, 1.82) is 0 Å². The minimum Gasteiger partial charge on any atom is -0.361 e. The lowest BCUT2D eigenvalue weighted by atomic mass is 10.1. The molecule has 150 valence electrons. The van der Waals surface area contributed by atoms with Crippen LogP contribution in [0, 0.1) is 19.7 Å². The lowest BCUT2D eigenvalue weighted by Crippen LogP contribution is -2.22. The van der Waals surface area contributed by atoms with Crippen molar-refractivity contribution in [2.24, 2.45) is 0 Å². The Labute approximate surface area is 167 Å². The molecule has 3 aromatic rings. The smallest absolute Gasteiger partial charge is 0.123 e. The number of nitrogens with zero attached hydrogens (tertiary/aromatic N) is 3. The first-order valence-electron chi connectivity index (χ1n) is 9.88. The van der Waals surface area contributed by atoms with E-state index in [1.54, 1.807) is 6.33 Å². The molecule has 0 spiro atoms. The number of halogens is 1. The standard InChI is InChI=1S/C22H30FN3OSi/c1-16-17(2)26(15-27-12-13-28(3,4)5)22-20(24-14-25-21(16)22)11-8-18-6-9-19(23)10-7-18/h6-7,9-10,14H,8,11-13,15H2,1-5H3. The summed E-state index contributed by atoms with van der Waals surface area (Å²) in [5, 5.41) is 0. The fourth-order valence-corrected chi connectivity index (χ4v) is 4.06. The van der Waals surface area contributed by atoms with Crippen LogP contribution in [0.15, 0.2) is 30.6 Å². The van der Waals surface area contributed by atoms with E-state index in [0.717, 1.165) is 47.8 Å². The molecule has 0 fully saturated rings. The van der Waals surface area contributed by atoms with Gasteiger partial charge in [-0.25, -0.2) is 14.4 Å². The fourth-order valence-electron chi connectivity index (χ4n) is 3.31. The highest BCUT2D eigenvalue weighted by atomic mass is 28.3. The summed E-state index contributed by atoms with van der Waals surface area (Å²) in [4.78, 5) is 9.09. The van der Waals surface area contributed by atoms with Crippen LogP contribution < -0.4 is 0 Å². The van der Waals surface area contributed by atoms with Gasteiger partial charge in [0.25, 0.3) is 0 Å². The number of rotatable bonds is 8. The van der Waals surface area contributed by atoms with Gasteiger partial charge in [-0.2, -0.15) is 0 Å². The van der Waals surface area contributed by atoms with Gasteiger partial charge in [-0.3, -0.25) is 0 Å². The van der Waals surface area contributed by atoms with Crippen molar-refractivity contribution in [3.8, 4) is 0 Å². The molecular formula is C22H30FN3OSi. The molecule has 0 aliphatic rings. The SMILES string of the molecule is Cc1c(C)n(COCC[Si](C)(C)C)c2c(CCc3ccc(F)cc3)ncnc12. The third kappa shape index (κ3) is 4.86. The Balaban J connectivity index is 1.82. The second-order valence-corrected chi connectivity index (χ2v) is 14.3. The van der Waals surface area contributed by atoms with E-state index in [9.17, 15) is 4.39 Å². The zero-order valence-corrected chi connectivity index (χ0v) is 18.6. The summed E-state index contributed by atoms with van der Waals surface area (Å²) < 4.78 is 21.4. The first kappa shape index (κ1) is 20.7. The highest BCUT2D eigenvalue weighted by molar-refractivity contribution is 6.76. The minimum atomic E-state index is -1.11. The molecule has 6 heteroatoms. The maximum Gasteiger partial charge on any atom is 0.123 e. The molecule has 1 aromatic carbocycles. The van der Waals surface area contributed by atoms with Crippen molar-refractivity contribution in [1.82, 2.24) is 14.5 Å². The third-order valence-electron chi connectivity index (χ3n) is 5.25. The molecule has 0 atom stereocenters. The molecule has 28 heavy (non-hydrogen) atoms. The number of aromatic nitrogens is 3. The van der Waals surface area contributed by atoms with Gasteiger partial charge in [-0.15, -0.1) is 0 Å². The van der Waals surface area contributed by atoms with Crippen molar-refractivity contribution in [3.63, 3.8) is 0 Å². The number of fused-ring (bicyclic) bond motifs is 1. The fraction of sp³-hybridized carbons (Fsp3) is 0.455. The first-order chi connectivity index (χ1) is 13.3. The van der Waals surface area contributed by atoms with Crippen LogP contribution in [-0.2, 0) is 24.3 Å². The van der Waals surface area contributed by atoms with Crippen LogP contribution >= 0.6 is 0 Å². The summed E-state index contributed by atoms with van der Waals surface area (Å²) in [5.74, 6) is -0.205. The number of aryl methyl sites for hydroxylation is 3. The Morgan fingerprint density at radius 3 is 2.43 bits per heavy atom. The summed E-state index contributed by atoms with van der Waals surface area (Å²) in [7, 11) is -1.11. The van der Waals surface area contributed by atoms with Crippen LogP contribution in [0.25, 0.3) is 11.0 Å². The Morgan fingerprint density at radius 1 is 1.04 bits per heavy atom. The summed E-state index contributed by atoms with van der Waals surface area (Å²) in [6.45, 7) is 12.6. The van der Waals surface area contributed by atoms with E-state index in [-0.39, 0.29) is 5.82 Å². The number of hydrogen-bond acceptors (Lipinski definition) is 3. The van der Waals surface area contributed by atoms with Gasteiger partial charge in [0.2, 0.25) is 0 Å². The predicted molar refractivity (Wildman–Crippen MR) is 115 cm³/mol. The largest absolute Gasteiger partial charge is 0.361 e. The summed E-state index contributed by atoms with van der Waals surface area (Å²) in [6.07, 6.45) is 3.24. The van der Waals surface area contributed by atoms with Gasteiger partial charge in [-0.1, -0.05) is 31.8 Å². The Morgan fingerprint density at radius 2 is 1.75 bits per heavy atom. The van der Waals surface area contributed by atoms with E-state index < -0.39 is 8.07 Å². The molecule has 0 saturated heterocycles. The molecule has 0 bridgehead atoms. The second kappa shape index (κ2) is 8.53. The number of ether oxygens (including phenoxy) is 1. The summed E-state index contributed by atoms with van der Waals surface area (Å²) in [6, 6.07) is 7.84. The monoisotopic (exact) mass is 399 g/mol. The third-order valence-corrected chi connectivity index (χ3v) is 6.96. The van der Waals surface area contributed by atoms with Crippen LogP contribution in [-0.4, -0.2) is 29.2 Å². The second-order valence-electron chi connectivity index (χ2n) is 8.63. The molecule has 0 aliphatic carbocycles. The summed E-state index contributed by atoms with van der Waals surface area (Å²) in [5.41, 5.74) is 6.52. The number of hydrogen-bond donors (Lipinski definition) is 0. The van der Waals surface area contributed by atoms with Gasteiger partial charge in [0.15, 0.2) is 0 Å². The quantitative estimate of drug-likeness (QED) is 0.382. The average Bonchev–Trinajstić information content (AvgIpc) is 2.89. The van der Waals surface area contributed by atoms with Crippen molar-refractivity contribution in [2.75, 3.05) is 6.61 Å². The molecule has 2 aromatic heterocycles. The van der Waals surface area contributed by atoms with E-state index >= 15 is 0 Å². The van der Waals surface area contributed by atoms with Crippen molar-refractivity contribution in [3.05, 3.63) is 58.9 Å². The van der Waals surface area contributed by atoms with Crippen LogP contribution in [0.3, 0.4) is 0 Å². The highest BCUT2D eigenvalue weighted by Gasteiger charge is 2.17. The van der Waals surface area contributed by atoms with Crippen LogP contribution in [0.4, 0.5) is 4.39 Å². The first-order valence-corrected chi connectivity index (χ1v) is 13.6. The maximum atomic E-state index is 13.1. The molecule has 2 heterocycles. The van der Waals surface area contributed by atoms with Gasteiger partial charge < -0.3 is 9.30 Å². The van der Waals surface area contributed by atoms with E-state index in [4.69, 9.17) is 4.74 Å². The van der Waals surface area contributed by atoms with Crippen LogP contribution in [0.2, 0.25) is 25.7 Å². The normalized spacial score (nSPS) is 12.1. The number of benzene rings is 1. The average molecular weight is 400 g/mol. The van der Waals surface area contributed by atoms with E-state index in [1.807, 2.05) is 12.1 Å². The van der Waals surface area contributed by atoms with Gasteiger partial charge in [0.05, 0.1) is 16.7 Å². The topological polar surface area (TPSA) is 39.9 Å². The van der Waals surface area contributed by atoms with Gasteiger partial charge in [-0.05, 0) is 56.0 Å². The van der Waals surface area contributed by atoms with Gasteiger partial charge >= 0.3 is 0 Å². The highest BCUT2D eigenvalue weighted by Crippen LogP contribution is 2.26. The molecule has 0 aliphatic heterocycles. The van der Waals surface area contributed by atoms with Crippen molar-refractivity contribution in [2.45, 2.75) is 59.1 Å². The zero-order chi connectivity index (χ0) is 20.3. The maximum absolute atomic E-state index is 13.1. The Bertz CT molecular complexity index is 945. The Hall–Kier alpha value is -2.05.